The highest BCUT2D eigenvalue weighted by molar-refractivity contribution is 7.80. The van der Waals surface area contributed by atoms with Gasteiger partial charge in [0.2, 0.25) is 5.91 Å². The van der Waals surface area contributed by atoms with Crippen molar-refractivity contribution in [1.82, 2.24) is 14.9 Å². The molecule has 1 amide bonds. The van der Waals surface area contributed by atoms with Gasteiger partial charge in [-0.25, -0.2) is 4.98 Å². The van der Waals surface area contributed by atoms with Crippen LogP contribution >= 0.6 is 12.2 Å². The van der Waals surface area contributed by atoms with E-state index in [1.807, 2.05) is 17.8 Å². The van der Waals surface area contributed by atoms with Gasteiger partial charge in [0.05, 0.1) is 17.5 Å². The second-order valence-electron chi connectivity index (χ2n) is 3.30. The number of hydrogen-bond donors (Lipinski definition) is 2. The number of thiocarbonyl (C=S) groups is 1. The molecule has 0 radical (unpaired) electrons. The predicted octanol–water partition coefficient (Wildman–Crippen LogP) is -0.0415. The first-order chi connectivity index (χ1) is 7.02. The number of imidazole rings is 1. The van der Waals surface area contributed by atoms with Gasteiger partial charge < -0.3 is 15.6 Å². The quantitative estimate of drug-likeness (QED) is 0.706. The van der Waals surface area contributed by atoms with Gasteiger partial charge in [0.15, 0.2) is 0 Å². The third-order valence-electron chi connectivity index (χ3n) is 2.16. The molecule has 82 valence electrons. The molecule has 0 aliphatic rings. The lowest BCUT2D eigenvalue weighted by atomic mass is 10.1. The van der Waals surface area contributed by atoms with Crippen LogP contribution in [0.5, 0.6) is 0 Å². The minimum Gasteiger partial charge on any atom is -0.393 e. The third kappa shape index (κ3) is 3.02. The van der Waals surface area contributed by atoms with Gasteiger partial charge in [-0.1, -0.05) is 12.2 Å². The summed E-state index contributed by atoms with van der Waals surface area (Å²) >= 11 is 4.73. The summed E-state index contributed by atoms with van der Waals surface area (Å²) in [5, 5.41) is 2.72. The number of aryl methyl sites for hydroxylation is 1. The molecule has 1 aromatic rings. The van der Waals surface area contributed by atoms with E-state index >= 15 is 0 Å². The highest BCUT2D eigenvalue weighted by atomic mass is 32.1. The van der Waals surface area contributed by atoms with Crippen LogP contribution < -0.4 is 11.1 Å². The molecule has 0 saturated carbocycles. The van der Waals surface area contributed by atoms with Crippen LogP contribution in [0, 0.1) is 5.92 Å². The molecule has 15 heavy (non-hydrogen) atoms. The highest BCUT2D eigenvalue weighted by Crippen LogP contribution is 1.97. The fourth-order valence-electron chi connectivity index (χ4n) is 1.02. The molecule has 6 heteroatoms. The lowest BCUT2D eigenvalue weighted by Crippen LogP contribution is -2.36. The van der Waals surface area contributed by atoms with E-state index in [9.17, 15) is 4.79 Å². The summed E-state index contributed by atoms with van der Waals surface area (Å²) in [5.74, 6) is 0.171. The zero-order valence-corrected chi connectivity index (χ0v) is 9.54. The first-order valence-corrected chi connectivity index (χ1v) is 4.96. The summed E-state index contributed by atoms with van der Waals surface area (Å²) in [6, 6.07) is 0. The van der Waals surface area contributed by atoms with Gasteiger partial charge in [-0.15, -0.1) is 0 Å². The average molecular weight is 226 g/mol. The number of aromatic nitrogens is 2. The van der Waals surface area contributed by atoms with Gasteiger partial charge in [-0.2, -0.15) is 0 Å². The van der Waals surface area contributed by atoms with Crippen LogP contribution in [0.25, 0.3) is 0 Å². The van der Waals surface area contributed by atoms with Crippen LogP contribution in [-0.4, -0.2) is 20.4 Å². The molecular weight excluding hydrogens is 212 g/mol. The molecule has 1 aromatic heterocycles. The van der Waals surface area contributed by atoms with Crippen LogP contribution in [0.2, 0.25) is 0 Å². The summed E-state index contributed by atoms with van der Waals surface area (Å²) in [4.78, 5) is 15.8. The van der Waals surface area contributed by atoms with E-state index in [-0.39, 0.29) is 10.9 Å². The van der Waals surface area contributed by atoms with Crippen LogP contribution in [0.1, 0.15) is 12.7 Å². The molecule has 1 unspecified atom stereocenters. The zero-order chi connectivity index (χ0) is 11.4. The Bertz CT molecular complexity index is 374. The molecule has 1 heterocycles. The van der Waals surface area contributed by atoms with Gasteiger partial charge in [0.1, 0.15) is 5.82 Å². The van der Waals surface area contributed by atoms with E-state index in [1.54, 1.807) is 13.1 Å². The lowest BCUT2D eigenvalue weighted by molar-refractivity contribution is -0.122. The van der Waals surface area contributed by atoms with E-state index in [0.29, 0.717) is 6.54 Å². The molecule has 0 aliphatic heterocycles. The molecule has 5 nitrogen and oxygen atoms in total. The summed E-state index contributed by atoms with van der Waals surface area (Å²) < 4.78 is 1.84. The molecule has 0 fully saturated rings. The molecule has 1 rings (SSSR count). The lowest BCUT2D eigenvalue weighted by Gasteiger charge is -2.10. The Morgan fingerprint density at radius 1 is 1.80 bits per heavy atom. The second-order valence-corrected chi connectivity index (χ2v) is 3.77. The number of hydrogen-bond acceptors (Lipinski definition) is 3. The van der Waals surface area contributed by atoms with Gasteiger partial charge in [0.25, 0.3) is 0 Å². The standard InChI is InChI=1S/C9H14N4OS/c1-6(8(10)15)9(14)12-5-7-11-3-4-13(7)2/h3-4,6H,5H2,1-2H3,(H2,10,15)(H,12,14). The van der Waals surface area contributed by atoms with Crippen molar-refractivity contribution >= 4 is 23.1 Å². The Morgan fingerprint density at radius 2 is 2.47 bits per heavy atom. The summed E-state index contributed by atoms with van der Waals surface area (Å²) in [6.07, 6.45) is 3.50. The van der Waals surface area contributed by atoms with Gasteiger partial charge >= 0.3 is 0 Å². The zero-order valence-electron chi connectivity index (χ0n) is 8.73. The molecule has 0 saturated heterocycles. The molecule has 3 N–H and O–H groups in total. The van der Waals surface area contributed by atoms with Crippen molar-refractivity contribution in [2.24, 2.45) is 18.7 Å². The maximum Gasteiger partial charge on any atom is 0.230 e. The number of nitrogens with one attached hydrogen (secondary N) is 1. The van der Waals surface area contributed by atoms with Crippen molar-refractivity contribution in [2.45, 2.75) is 13.5 Å². The van der Waals surface area contributed by atoms with Crippen LogP contribution in [0.3, 0.4) is 0 Å². The average Bonchev–Trinajstić information content (AvgIpc) is 2.59. The van der Waals surface area contributed by atoms with Gasteiger partial charge in [-0.05, 0) is 6.92 Å². The minimum atomic E-state index is -0.444. The van der Waals surface area contributed by atoms with Crippen molar-refractivity contribution in [3.63, 3.8) is 0 Å². The van der Waals surface area contributed by atoms with Crippen molar-refractivity contribution in [3.8, 4) is 0 Å². The van der Waals surface area contributed by atoms with Gasteiger partial charge in [-0.3, -0.25) is 4.79 Å². The Balaban J connectivity index is 2.48. The van der Waals surface area contributed by atoms with Crippen molar-refractivity contribution in [1.29, 1.82) is 0 Å². The number of carbonyl (C=O) groups excluding carboxylic acids is 1. The van der Waals surface area contributed by atoms with E-state index in [4.69, 9.17) is 18.0 Å². The number of carbonyl (C=O) groups is 1. The molecule has 0 spiro atoms. The Kier molecular flexibility index (Phi) is 3.79. The maximum absolute atomic E-state index is 11.5. The van der Waals surface area contributed by atoms with E-state index < -0.39 is 5.92 Å². The fraction of sp³-hybridized carbons (Fsp3) is 0.444. The predicted molar refractivity (Wildman–Crippen MR) is 61.0 cm³/mol. The largest absolute Gasteiger partial charge is 0.393 e. The Morgan fingerprint density at radius 3 is 2.93 bits per heavy atom. The van der Waals surface area contributed by atoms with E-state index in [0.717, 1.165) is 5.82 Å². The molecule has 0 aliphatic carbocycles. The fourth-order valence-corrected chi connectivity index (χ4v) is 1.12. The Hall–Kier alpha value is -1.43. The van der Waals surface area contributed by atoms with E-state index in [1.165, 1.54) is 0 Å². The van der Waals surface area contributed by atoms with Crippen molar-refractivity contribution in [3.05, 3.63) is 18.2 Å². The maximum atomic E-state index is 11.5. The minimum absolute atomic E-state index is 0.175. The molecule has 0 aromatic carbocycles. The molecular formula is C9H14N4OS. The SMILES string of the molecule is CC(C(=O)NCc1nccn1C)C(N)=S. The topological polar surface area (TPSA) is 72.9 Å². The number of rotatable bonds is 4. The molecule has 0 bridgehead atoms. The normalized spacial score (nSPS) is 12.1. The monoisotopic (exact) mass is 226 g/mol. The second kappa shape index (κ2) is 4.88. The highest BCUT2D eigenvalue weighted by Gasteiger charge is 2.15. The summed E-state index contributed by atoms with van der Waals surface area (Å²) in [7, 11) is 1.87. The smallest absolute Gasteiger partial charge is 0.230 e. The van der Waals surface area contributed by atoms with Crippen LogP contribution in [0.4, 0.5) is 0 Å². The summed E-state index contributed by atoms with van der Waals surface area (Å²) in [6.45, 7) is 2.06. The van der Waals surface area contributed by atoms with Crippen molar-refractivity contribution in [2.75, 3.05) is 0 Å². The number of nitrogens with zero attached hydrogens (tertiary/aromatic N) is 2. The molecule has 1 atom stereocenters. The number of amides is 1. The van der Waals surface area contributed by atoms with E-state index in [2.05, 4.69) is 10.3 Å². The summed E-state index contributed by atoms with van der Waals surface area (Å²) in [5.41, 5.74) is 5.37. The Labute approximate surface area is 93.7 Å². The van der Waals surface area contributed by atoms with Crippen LogP contribution in [-0.2, 0) is 18.4 Å². The third-order valence-corrected chi connectivity index (χ3v) is 2.52. The number of nitrogens with two attached hydrogens (primary N) is 1. The van der Waals surface area contributed by atoms with Crippen molar-refractivity contribution < 1.29 is 4.79 Å². The first-order valence-electron chi connectivity index (χ1n) is 4.55. The van der Waals surface area contributed by atoms with Crippen LogP contribution in [0.15, 0.2) is 12.4 Å². The first kappa shape index (κ1) is 11.6. The van der Waals surface area contributed by atoms with Gasteiger partial charge in [0, 0.05) is 19.4 Å².